The van der Waals surface area contributed by atoms with E-state index in [-0.39, 0.29) is 24.7 Å². The highest BCUT2D eigenvalue weighted by atomic mass is 35.5. The lowest BCUT2D eigenvalue weighted by Crippen LogP contribution is -2.33. The molecule has 0 radical (unpaired) electrons. The highest BCUT2D eigenvalue weighted by Crippen LogP contribution is 2.40. The van der Waals surface area contributed by atoms with Gasteiger partial charge in [-0.3, -0.25) is 9.59 Å². The van der Waals surface area contributed by atoms with Crippen LogP contribution in [0.2, 0.25) is 5.02 Å². The van der Waals surface area contributed by atoms with Crippen LogP contribution < -0.4 is 20.3 Å². The summed E-state index contributed by atoms with van der Waals surface area (Å²) in [6, 6.07) is 13.0. The molecule has 1 N–H and O–H groups in total. The van der Waals surface area contributed by atoms with Gasteiger partial charge in [0.15, 0.2) is 16.7 Å². The lowest BCUT2D eigenvalue weighted by atomic mass is 9.86. The van der Waals surface area contributed by atoms with Crippen LogP contribution in [0.5, 0.6) is 11.5 Å². The second-order valence-electron chi connectivity index (χ2n) is 7.36. The Morgan fingerprint density at radius 1 is 1.19 bits per heavy atom. The molecule has 0 spiro atoms. The largest absolute Gasteiger partial charge is 0.454 e. The van der Waals surface area contributed by atoms with Crippen LogP contribution in [0.3, 0.4) is 0 Å². The van der Waals surface area contributed by atoms with Crippen LogP contribution in [0.1, 0.15) is 29.0 Å². The molecule has 2 aliphatic heterocycles. The van der Waals surface area contributed by atoms with Crippen LogP contribution in [0.15, 0.2) is 52.4 Å². The molecule has 5 rings (SSSR count). The van der Waals surface area contributed by atoms with Gasteiger partial charge in [-0.2, -0.15) is 4.98 Å². The van der Waals surface area contributed by atoms with Crippen LogP contribution in [-0.2, 0) is 17.6 Å². The quantitative estimate of drug-likeness (QED) is 0.474. The number of halogens is 1. The van der Waals surface area contributed by atoms with E-state index in [9.17, 15) is 9.59 Å². The van der Waals surface area contributed by atoms with Crippen molar-refractivity contribution in [3.05, 3.63) is 74.5 Å². The fraction of sp³-hybridized carbons (Fsp3) is 0.227. The minimum absolute atomic E-state index is 0.151. The van der Waals surface area contributed by atoms with Gasteiger partial charge in [-0.15, -0.1) is 0 Å². The first-order valence-corrected chi connectivity index (χ1v) is 11.0. The summed E-state index contributed by atoms with van der Waals surface area (Å²) < 4.78 is 12.6. The van der Waals surface area contributed by atoms with Gasteiger partial charge in [0, 0.05) is 30.2 Å². The average molecular weight is 456 g/mol. The summed E-state index contributed by atoms with van der Waals surface area (Å²) >= 11 is 7.47. The molecule has 0 saturated heterocycles. The molecule has 158 valence electrons. The molecule has 7 nitrogen and oxygen atoms in total. The summed E-state index contributed by atoms with van der Waals surface area (Å²) in [6.07, 6.45) is 0.165. The van der Waals surface area contributed by atoms with Crippen molar-refractivity contribution in [3.8, 4) is 11.5 Å². The van der Waals surface area contributed by atoms with Crippen LogP contribution in [0, 0.1) is 0 Å². The van der Waals surface area contributed by atoms with E-state index in [0.717, 1.165) is 11.1 Å². The predicted octanol–water partition coefficient (Wildman–Crippen LogP) is 3.93. The Bertz CT molecular complexity index is 1260. The Morgan fingerprint density at radius 3 is 2.87 bits per heavy atom. The van der Waals surface area contributed by atoms with Crippen molar-refractivity contribution in [2.24, 2.45) is 7.05 Å². The van der Waals surface area contributed by atoms with Crippen molar-refractivity contribution in [2.75, 3.05) is 12.1 Å². The Balaban J connectivity index is 1.51. The van der Waals surface area contributed by atoms with Crippen LogP contribution >= 0.6 is 23.4 Å². The standard InChI is InChI=1S/C22H18ClN3O4S/c1-26-20-19(21(28)25-22(26)31-10-12-3-2-4-14(23)7-12)15(9-18(27)24-20)13-5-6-16-17(8-13)30-11-29-16/h2-8,15H,9-11H2,1H3,(H,24,27). The van der Waals surface area contributed by atoms with Crippen molar-refractivity contribution in [1.29, 1.82) is 0 Å². The number of carbonyl (C=O) groups excluding carboxylic acids is 1. The van der Waals surface area contributed by atoms with E-state index in [4.69, 9.17) is 21.1 Å². The van der Waals surface area contributed by atoms with Crippen molar-refractivity contribution in [2.45, 2.75) is 23.2 Å². The fourth-order valence-corrected chi connectivity index (χ4v) is 4.97. The van der Waals surface area contributed by atoms with E-state index >= 15 is 0 Å². The molecule has 0 saturated carbocycles. The summed E-state index contributed by atoms with van der Waals surface area (Å²) in [5.41, 5.74) is 1.97. The topological polar surface area (TPSA) is 82.5 Å². The Kier molecular flexibility index (Phi) is 5.11. The zero-order chi connectivity index (χ0) is 21.5. The molecule has 1 aromatic heterocycles. The number of benzene rings is 2. The van der Waals surface area contributed by atoms with Crippen molar-refractivity contribution in [1.82, 2.24) is 9.55 Å². The second-order valence-corrected chi connectivity index (χ2v) is 8.74. The normalized spacial score (nSPS) is 16.7. The number of rotatable bonds is 4. The van der Waals surface area contributed by atoms with E-state index < -0.39 is 5.92 Å². The fourth-order valence-electron chi connectivity index (χ4n) is 3.85. The van der Waals surface area contributed by atoms with Gasteiger partial charge in [0.05, 0.1) is 5.56 Å². The number of carbonyl (C=O) groups is 1. The SMILES string of the molecule is Cn1c(SCc2cccc(Cl)c2)nc(=O)c2c1NC(=O)CC2c1ccc2c(c1)OCO2. The molecule has 0 bridgehead atoms. The molecule has 9 heteroatoms. The van der Waals surface area contributed by atoms with E-state index in [1.807, 2.05) is 36.4 Å². The molecule has 3 heterocycles. The number of hydrogen-bond acceptors (Lipinski definition) is 6. The van der Waals surface area contributed by atoms with Gasteiger partial charge in [-0.25, -0.2) is 0 Å². The first kappa shape index (κ1) is 20.0. The molecule has 2 aliphatic rings. The first-order valence-electron chi connectivity index (χ1n) is 9.67. The molecule has 31 heavy (non-hydrogen) atoms. The highest BCUT2D eigenvalue weighted by molar-refractivity contribution is 7.98. The smallest absolute Gasteiger partial charge is 0.279 e. The highest BCUT2D eigenvalue weighted by Gasteiger charge is 2.33. The Labute approximate surface area is 187 Å². The molecule has 2 aromatic carbocycles. The summed E-state index contributed by atoms with van der Waals surface area (Å²) in [4.78, 5) is 29.9. The summed E-state index contributed by atoms with van der Waals surface area (Å²) in [5.74, 6) is 1.79. The summed E-state index contributed by atoms with van der Waals surface area (Å²) in [6.45, 7) is 0.164. The average Bonchev–Trinajstić information content (AvgIpc) is 3.22. The number of nitrogens with one attached hydrogen (secondary N) is 1. The van der Waals surface area contributed by atoms with Crippen molar-refractivity contribution < 1.29 is 14.3 Å². The second kappa shape index (κ2) is 7.94. The number of thioether (sulfide) groups is 1. The molecular weight excluding hydrogens is 438 g/mol. The number of amides is 1. The maximum absolute atomic E-state index is 13.1. The van der Waals surface area contributed by atoms with Gasteiger partial charge < -0.3 is 19.4 Å². The number of anilines is 1. The molecule has 0 aliphatic carbocycles. The van der Waals surface area contributed by atoms with Gasteiger partial charge in [-0.05, 0) is 35.4 Å². The molecule has 1 unspecified atom stereocenters. The van der Waals surface area contributed by atoms with Gasteiger partial charge in [0.1, 0.15) is 5.82 Å². The summed E-state index contributed by atoms with van der Waals surface area (Å²) in [7, 11) is 1.80. The van der Waals surface area contributed by atoms with Crippen molar-refractivity contribution in [3.63, 3.8) is 0 Å². The third-order valence-corrected chi connectivity index (χ3v) is 6.69. The molecule has 1 atom stereocenters. The van der Waals surface area contributed by atoms with Gasteiger partial charge in [0.25, 0.3) is 5.56 Å². The maximum atomic E-state index is 13.1. The molecule has 0 fully saturated rings. The molecular formula is C22H18ClN3O4S. The summed E-state index contributed by atoms with van der Waals surface area (Å²) in [5, 5.41) is 4.04. The minimum atomic E-state index is -0.406. The van der Waals surface area contributed by atoms with E-state index in [1.165, 1.54) is 11.8 Å². The number of hydrogen-bond donors (Lipinski definition) is 1. The lowest BCUT2D eigenvalue weighted by Gasteiger charge is -2.27. The number of aromatic nitrogens is 2. The zero-order valence-corrected chi connectivity index (χ0v) is 18.1. The van der Waals surface area contributed by atoms with Gasteiger partial charge in [0.2, 0.25) is 12.7 Å². The number of fused-ring (bicyclic) bond motifs is 2. The van der Waals surface area contributed by atoms with E-state index in [0.29, 0.717) is 38.8 Å². The lowest BCUT2D eigenvalue weighted by molar-refractivity contribution is -0.116. The van der Waals surface area contributed by atoms with Crippen LogP contribution in [0.25, 0.3) is 0 Å². The Hall–Kier alpha value is -2.97. The van der Waals surface area contributed by atoms with Crippen LogP contribution in [0.4, 0.5) is 5.82 Å². The predicted molar refractivity (Wildman–Crippen MR) is 118 cm³/mol. The number of nitrogens with zero attached hydrogens (tertiary/aromatic N) is 2. The van der Waals surface area contributed by atoms with Crippen LogP contribution in [-0.4, -0.2) is 22.3 Å². The third-order valence-electron chi connectivity index (χ3n) is 5.36. The maximum Gasteiger partial charge on any atom is 0.279 e. The molecule has 3 aromatic rings. The van der Waals surface area contributed by atoms with E-state index in [2.05, 4.69) is 10.3 Å². The van der Waals surface area contributed by atoms with E-state index in [1.54, 1.807) is 17.7 Å². The molecule has 1 amide bonds. The minimum Gasteiger partial charge on any atom is -0.454 e. The monoisotopic (exact) mass is 455 g/mol. The first-order chi connectivity index (χ1) is 15.0. The van der Waals surface area contributed by atoms with Gasteiger partial charge >= 0.3 is 0 Å². The van der Waals surface area contributed by atoms with Gasteiger partial charge in [-0.1, -0.05) is 41.6 Å². The van der Waals surface area contributed by atoms with Crippen molar-refractivity contribution >= 4 is 35.1 Å². The third kappa shape index (κ3) is 3.77. The Morgan fingerprint density at radius 2 is 2.03 bits per heavy atom. The number of ether oxygens (including phenoxy) is 2. The zero-order valence-electron chi connectivity index (χ0n) is 16.6.